The molecule has 1 fully saturated rings. The van der Waals surface area contributed by atoms with Gasteiger partial charge in [0.2, 0.25) is 5.95 Å². The van der Waals surface area contributed by atoms with Gasteiger partial charge in [-0.25, -0.2) is 9.66 Å². The van der Waals surface area contributed by atoms with Crippen molar-refractivity contribution in [3.8, 4) is 0 Å². The summed E-state index contributed by atoms with van der Waals surface area (Å²) in [4.78, 5) is 9.08. The number of likely N-dealkylation sites (N-methyl/N-ethyl adjacent to an activating group) is 1. The van der Waals surface area contributed by atoms with Crippen LogP contribution in [0.2, 0.25) is 0 Å². The Morgan fingerprint density at radius 3 is 2.48 bits per heavy atom. The Kier molecular flexibility index (Phi) is 5.20. The van der Waals surface area contributed by atoms with Crippen molar-refractivity contribution >= 4 is 12.2 Å². The fraction of sp³-hybridized carbons (Fsp3) is 0.474. The van der Waals surface area contributed by atoms with Crippen molar-refractivity contribution in [2.75, 3.05) is 39.0 Å². The fourth-order valence-corrected chi connectivity index (χ4v) is 3.19. The quantitative estimate of drug-likeness (QED) is 0.865. The SMILES string of the molecule is Cc1cn(N=Cc2cc(CN3CCN(C)CC3)c(C)cc2C)c(N)n1. The minimum atomic E-state index is 0.413. The molecule has 25 heavy (non-hydrogen) atoms. The van der Waals surface area contributed by atoms with Gasteiger partial charge in [0.15, 0.2) is 0 Å². The largest absolute Gasteiger partial charge is 0.368 e. The Balaban J connectivity index is 1.79. The van der Waals surface area contributed by atoms with Crippen molar-refractivity contribution in [2.45, 2.75) is 27.3 Å². The van der Waals surface area contributed by atoms with Gasteiger partial charge in [0, 0.05) is 32.7 Å². The third-order valence-corrected chi connectivity index (χ3v) is 4.87. The van der Waals surface area contributed by atoms with E-state index in [2.05, 4.69) is 52.9 Å². The molecular weight excluding hydrogens is 312 g/mol. The third-order valence-electron chi connectivity index (χ3n) is 4.87. The van der Waals surface area contributed by atoms with Gasteiger partial charge in [0.05, 0.1) is 18.1 Å². The summed E-state index contributed by atoms with van der Waals surface area (Å²) in [5.41, 5.74) is 11.8. The van der Waals surface area contributed by atoms with Crippen LogP contribution in [0.1, 0.15) is 27.9 Å². The van der Waals surface area contributed by atoms with Gasteiger partial charge in [0.1, 0.15) is 0 Å². The first-order valence-electron chi connectivity index (χ1n) is 8.79. The predicted molar refractivity (Wildman–Crippen MR) is 103 cm³/mol. The molecule has 1 aliphatic rings. The molecule has 6 heteroatoms. The van der Waals surface area contributed by atoms with E-state index < -0.39 is 0 Å². The Labute approximate surface area is 149 Å². The van der Waals surface area contributed by atoms with Crippen LogP contribution in [-0.2, 0) is 6.54 Å². The van der Waals surface area contributed by atoms with E-state index in [1.165, 1.54) is 16.7 Å². The minimum Gasteiger partial charge on any atom is -0.368 e. The molecule has 1 aromatic carbocycles. The minimum absolute atomic E-state index is 0.413. The zero-order chi connectivity index (χ0) is 18.0. The zero-order valence-corrected chi connectivity index (χ0v) is 15.7. The second-order valence-electron chi connectivity index (χ2n) is 7.04. The van der Waals surface area contributed by atoms with Crippen LogP contribution in [0.15, 0.2) is 23.4 Å². The van der Waals surface area contributed by atoms with Gasteiger partial charge < -0.3 is 10.6 Å². The summed E-state index contributed by atoms with van der Waals surface area (Å²) in [5, 5.41) is 4.47. The first-order chi connectivity index (χ1) is 11.9. The summed E-state index contributed by atoms with van der Waals surface area (Å²) in [7, 11) is 2.19. The van der Waals surface area contributed by atoms with E-state index >= 15 is 0 Å². The number of nitrogens with zero attached hydrogens (tertiary/aromatic N) is 5. The molecule has 0 saturated carbocycles. The number of nitrogen functional groups attached to an aromatic ring is 1. The lowest BCUT2D eigenvalue weighted by molar-refractivity contribution is 0.148. The predicted octanol–water partition coefficient (Wildman–Crippen LogP) is 2.02. The lowest BCUT2D eigenvalue weighted by atomic mass is 10.00. The summed E-state index contributed by atoms with van der Waals surface area (Å²) in [6, 6.07) is 4.50. The summed E-state index contributed by atoms with van der Waals surface area (Å²) < 4.78 is 1.62. The Hall–Kier alpha value is -2.18. The molecule has 0 unspecified atom stereocenters. The van der Waals surface area contributed by atoms with Crippen LogP contribution < -0.4 is 5.73 Å². The molecule has 1 aromatic heterocycles. The lowest BCUT2D eigenvalue weighted by Crippen LogP contribution is -2.44. The van der Waals surface area contributed by atoms with E-state index in [1.807, 2.05) is 19.3 Å². The number of nitrogens with two attached hydrogens (primary N) is 1. The highest BCUT2D eigenvalue weighted by Crippen LogP contribution is 2.18. The van der Waals surface area contributed by atoms with E-state index in [0.29, 0.717) is 5.95 Å². The number of benzene rings is 1. The van der Waals surface area contributed by atoms with Crippen molar-refractivity contribution in [3.05, 3.63) is 46.3 Å². The monoisotopic (exact) mass is 340 g/mol. The molecule has 3 rings (SSSR count). The standard InChI is InChI=1S/C19H28N6/c1-14-9-15(2)18(13-24-7-5-23(4)6-8-24)10-17(14)11-21-25-12-16(3)22-19(25)20/h9-12H,5-8,13H2,1-4H3,(H2,20,22). The molecule has 1 saturated heterocycles. The van der Waals surface area contributed by atoms with E-state index in [4.69, 9.17) is 5.73 Å². The molecule has 1 aliphatic heterocycles. The molecule has 2 aromatic rings. The second kappa shape index (κ2) is 7.37. The molecule has 0 aliphatic carbocycles. The normalized spacial score (nSPS) is 16.8. The van der Waals surface area contributed by atoms with Crippen molar-refractivity contribution < 1.29 is 0 Å². The van der Waals surface area contributed by atoms with Gasteiger partial charge in [-0.3, -0.25) is 4.90 Å². The maximum Gasteiger partial charge on any atom is 0.221 e. The Bertz CT molecular complexity index is 768. The number of piperazine rings is 1. The summed E-state index contributed by atoms with van der Waals surface area (Å²) in [5.74, 6) is 0.413. The number of imidazole rings is 1. The average Bonchev–Trinajstić information content (AvgIpc) is 2.88. The topological polar surface area (TPSA) is 62.7 Å². The number of anilines is 1. The van der Waals surface area contributed by atoms with Crippen molar-refractivity contribution in [1.82, 2.24) is 19.5 Å². The Morgan fingerprint density at radius 1 is 1.12 bits per heavy atom. The molecule has 0 bridgehead atoms. The first-order valence-corrected chi connectivity index (χ1v) is 8.79. The number of aromatic nitrogens is 2. The van der Waals surface area contributed by atoms with Crippen LogP contribution in [0.5, 0.6) is 0 Å². The molecule has 0 atom stereocenters. The van der Waals surface area contributed by atoms with Gasteiger partial charge in [-0.2, -0.15) is 5.10 Å². The van der Waals surface area contributed by atoms with Crippen molar-refractivity contribution in [2.24, 2.45) is 5.10 Å². The number of rotatable bonds is 4. The second-order valence-corrected chi connectivity index (χ2v) is 7.04. The Morgan fingerprint density at radius 2 is 1.84 bits per heavy atom. The number of hydrogen-bond donors (Lipinski definition) is 1. The van der Waals surface area contributed by atoms with Gasteiger partial charge in [-0.05, 0) is 56.1 Å². The van der Waals surface area contributed by atoms with Crippen LogP contribution in [-0.4, -0.2) is 58.9 Å². The molecule has 2 N–H and O–H groups in total. The van der Waals surface area contributed by atoms with Crippen LogP contribution in [0.3, 0.4) is 0 Å². The van der Waals surface area contributed by atoms with E-state index in [0.717, 1.165) is 44.0 Å². The first kappa shape index (κ1) is 17.6. The lowest BCUT2D eigenvalue weighted by Gasteiger charge is -2.32. The third kappa shape index (κ3) is 4.27. The molecular formula is C19H28N6. The number of aryl methyl sites for hydroxylation is 3. The molecule has 134 valence electrons. The summed E-state index contributed by atoms with van der Waals surface area (Å²) >= 11 is 0. The van der Waals surface area contributed by atoms with Gasteiger partial charge in [0.25, 0.3) is 0 Å². The highest BCUT2D eigenvalue weighted by Gasteiger charge is 2.15. The van der Waals surface area contributed by atoms with Crippen LogP contribution in [0.25, 0.3) is 0 Å². The van der Waals surface area contributed by atoms with E-state index in [9.17, 15) is 0 Å². The van der Waals surface area contributed by atoms with Crippen LogP contribution >= 0.6 is 0 Å². The van der Waals surface area contributed by atoms with Gasteiger partial charge in [-0.15, -0.1) is 0 Å². The molecule has 0 amide bonds. The maximum atomic E-state index is 5.86. The maximum absolute atomic E-state index is 5.86. The highest BCUT2D eigenvalue weighted by atomic mass is 15.4. The van der Waals surface area contributed by atoms with Crippen LogP contribution in [0, 0.1) is 20.8 Å². The molecule has 2 heterocycles. The van der Waals surface area contributed by atoms with Crippen molar-refractivity contribution in [3.63, 3.8) is 0 Å². The number of hydrogen-bond acceptors (Lipinski definition) is 5. The summed E-state index contributed by atoms with van der Waals surface area (Å²) in [6.07, 6.45) is 3.71. The van der Waals surface area contributed by atoms with Gasteiger partial charge >= 0.3 is 0 Å². The van der Waals surface area contributed by atoms with E-state index in [-0.39, 0.29) is 0 Å². The zero-order valence-electron chi connectivity index (χ0n) is 15.7. The van der Waals surface area contributed by atoms with Crippen molar-refractivity contribution in [1.29, 1.82) is 0 Å². The summed E-state index contributed by atoms with van der Waals surface area (Å²) in [6.45, 7) is 11.7. The molecule has 6 nitrogen and oxygen atoms in total. The van der Waals surface area contributed by atoms with E-state index in [1.54, 1.807) is 4.68 Å². The smallest absolute Gasteiger partial charge is 0.221 e. The average molecular weight is 340 g/mol. The fourth-order valence-electron chi connectivity index (χ4n) is 3.19. The molecule has 0 radical (unpaired) electrons. The highest BCUT2D eigenvalue weighted by molar-refractivity contribution is 5.82. The van der Waals surface area contributed by atoms with Crippen LogP contribution in [0.4, 0.5) is 5.95 Å². The molecule has 0 spiro atoms. The van der Waals surface area contributed by atoms with Gasteiger partial charge in [-0.1, -0.05) is 6.07 Å².